The van der Waals surface area contributed by atoms with Crippen LogP contribution in [0.5, 0.6) is 0 Å². The van der Waals surface area contributed by atoms with Gasteiger partial charge in [-0.3, -0.25) is 9.67 Å². The number of nitrogens with one attached hydrogen (secondary N) is 1. The number of nitrogens with zero attached hydrogens (tertiary/aromatic N) is 2. The minimum absolute atomic E-state index is 0.526. The average Bonchev–Trinajstić information content (AvgIpc) is 3.03. The molecular weight excluding hydrogens is 238 g/mol. The minimum atomic E-state index is 0.526. The van der Waals surface area contributed by atoms with Crippen molar-refractivity contribution < 1.29 is 8.83 Å². The van der Waals surface area contributed by atoms with Gasteiger partial charge in [0.25, 0.3) is 0 Å². The van der Waals surface area contributed by atoms with Gasteiger partial charge >= 0.3 is 0 Å². The van der Waals surface area contributed by atoms with Gasteiger partial charge in [0.15, 0.2) is 16.4 Å². The van der Waals surface area contributed by atoms with E-state index >= 15 is 0 Å². The van der Waals surface area contributed by atoms with E-state index in [2.05, 4.69) is 10.2 Å². The van der Waals surface area contributed by atoms with E-state index in [4.69, 9.17) is 21.1 Å². The van der Waals surface area contributed by atoms with Gasteiger partial charge in [-0.2, -0.15) is 5.10 Å². The standard InChI is InChI=1S/C11H9N3O2S/c17-11-13-12-10(9-4-2-6-16-9)14(11)7-8-3-1-5-15-8/h1-6H,7H2,(H,13,17). The van der Waals surface area contributed by atoms with E-state index < -0.39 is 0 Å². The van der Waals surface area contributed by atoms with E-state index in [-0.39, 0.29) is 0 Å². The Hall–Kier alpha value is -2.08. The fourth-order valence-corrected chi connectivity index (χ4v) is 1.81. The lowest BCUT2D eigenvalue weighted by atomic mass is 10.4. The topological polar surface area (TPSA) is 59.9 Å². The van der Waals surface area contributed by atoms with Crippen LogP contribution < -0.4 is 0 Å². The van der Waals surface area contributed by atoms with E-state index in [1.54, 1.807) is 12.5 Å². The molecule has 0 unspecified atom stereocenters. The molecule has 0 amide bonds. The number of hydrogen-bond donors (Lipinski definition) is 1. The summed E-state index contributed by atoms with van der Waals surface area (Å²) in [7, 11) is 0. The zero-order valence-electron chi connectivity index (χ0n) is 8.79. The molecule has 5 nitrogen and oxygen atoms in total. The molecule has 3 rings (SSSR count). The first-order valence-corrected chi connectivity index (χ1v) is 5.47. The molecule has 0 aliphatic heterocycles. The molecule has 3 heterocycles. The summed E-state index contributed by atoms with van der Waals surface area (Å²) >= 11 is 5.18. The molecule has 17 heavy (non-hydrogen) atoms. The van der Waals surface area contributed by atoms with Crippen molar-refractivity contribution in [2.24, 2.45) is 0 Å². The highest BCUT2D eigenvalue weighted by Gasteiger charge is 2.12. The molecule has 0 aliphatic carbocycles. The van der Waals surface area contributed by atoms with Crippen LogP contribution in [0.4, 0.5) is 0 Å². The van der Waals surface area contributed by atoms with Crippen molar-refractivity contribution in [3.8, 4) is 11.6 Å². The Balaban J connectivity index is 2.04. The maximum Gasteiger partial charge on any atom is 0.198 e. The van der Waals surface area contributed by atoms with Gasteiger partial charge in [0.1, 0.15) is 5.76 Å². The van der Waals surface area contributed by atoms with Crippen molar-refractivity contribution in [2.75, 3.05) is 0 Å². The lowest BCUT2D eigenvalue weighted by Crippen LogP contribution is -2.01. The summed E-state index contributed by atoms with van der Waals surface area (Å²) in [6.45, 7) is 0.526. The molecule has 0 atom stereocenters. The molecule has 86 valence electrons. The molecule has 0 saturated heterocycles. The van der Waals surface area contributed by atoms with Crippen molar-refractivity contribution in [1.29, 1.82) is 0 Å². The van der Waals surface area contributed by atoms with Crippen molar-refractivity contribution in [3.63, 3.8) is 0 Å². The maximum atomic E-state index is 5.31. The maximum absolute atomic E-state index is 5.31. The highest BCUT2D eigenvalue weighted by Crippen LogP contribution is 2.18. The highest BCUT2D eigenvalue weighted by molar-refractivity contribution is 7.71. The first-order valence-electron chi connectivity index (χ1n) is 5.06. The van der Waals surface area contributed by atoms with E-state index in [0.29, 0.717) is 22.9 Å². The molecule has 0 fully saturated rings. The third-order valence-electron chi connectivity index (χ3n) is 2.39. The van der Waals surface area contributed by atoms with E-state index in [9.17, 15) is 0 Å². The number of hydrogen-bond acceptors (Lipinski definition) is 4. The number of furan rings is 2. The van der Waals surface area contributed by atoms with Gasteiger partial charge in [-0.25, -0.2) is 0 Å². The van der Waals surface area contributed by atoms with Crippen LogP contribution in [0.3, 0.4) is 0 Å². The third kappa shape index (κ3) is 1.83. The predicted molar refractivity (Wildman–Crippen MR) is 62.9 cm³/mol. The van der Waals surface area contributed by atoms with Crippen LogP contribution in [-0.4, -0.2) is 14.8 Å². The van der Waals surface area contributed by atoms with Gasteiger partial charge in [-0.1, -0.05) is 0 Å². The Morgan fingerprint density at radius 2 is 2.06 bits per heavy atom. The van der Waals surface area contributed by atoms with E-state index in [1.165, 1.54) is 0 Å². The van der Waals surface area contributed by atoms with E-state index in [1.807, 2.05) is 28.8 Å². The number of rotatable bonds is 3. The second-order valence-corrected chi connectivity index (χ2v) is 3.88. The van der Waals surface area contributed by atoms with Crippen LogP contribution in [-0.2, 0) is 6.54 Å². The lowest BCUT2D eigenvalue weighted by Gasteiger charge is -2.01. The molecule has 1 N–H and O–H groups in total. The summed E-state index contributed by atoms with van der Waals surface area (Å²) in [4.78, 5) is 0. The fraction of sp³-hybridized carbons (Fsp3) is 0.0909. The Labute approximate surface area is 102 Å². The summed E-state index contributed by atoms with van der Waals surface area (Å²) in [5, 5.41) is 6.90. The largest absolute Gasteiger partial charge is 0.467 e. The Morgan fingerprint density at radius 1 is 1.24 bits per heavy atom. The third-order valence-corrected chi connectivity index (χ3v) is 2.71. The van der Waals surface area contributed by atoms with Gasteiger partial charge < -0.3 is 8.83 Å². The van der Waals surface area contributed by atoms with Crippen LogP contribution in [0.1, 0.15) is 5.76 Å². The SMILES string of the molecule is S=c1[nH]nc(-c2ccco2)n1Cc1ccco1. The molecule has 0 radical (unpaired) electrons. The lowest BCUT2D eigenvalue weighted by molar-refractivity contribution is 0.490. The normalized spacial score (nSPS) is 10.8. The van der Waals surface area contributed by atoms with Crippen LogP contribution in [0.25, 0.3) is 11.6 Å². The highest BCUT2D eigenvalue weighted by atomic mass is 32.1. The second kappa shape index (κ2) is 4.06. The molecular formula is C11H9N3O2S. The van der Waals surface area contributed by atoms with E-state index in [0.717, 1.165) is 5.76 Å². The summed E-state index contributed by atoms with van der Waals surface area (Å²) in [6.07, 6.45) is 3.23. The average molecular weight is 247 g/mol. The molecule has 6 heteroatoms. The van der Waals surface area contributed by atoms with Gasteiger partial charge in [0.05, 0.1) is 19.1 Å². The quantitative estimate of drug-likeness (QED) is 0.723. The molecule has 0 aliphatic rings. The Bertz CT molecular complexity index is 649. The first-order chi connectivity index (χ1) is 8.34. The van der Waals surface area contributed by atoms with Crippen LogP contribution in [0.15, 0.2) is 45.6 Å². The van der Waals surface area contributed by atoms with Gasteiger partial charge in [0, 0.05) is 0 Å². The minimum Gasteiger partial charge on any atom is -0.467 e. The zero-order valence-corrected chi connectivity index (χ0v) is 9.61. The zero-order chi connectivity index (χ0) is 11.7. The predicted octanol–water partition coefficient (Wildman–Crippen LogP) is 2.84. The number of H-pyrrole nitrogens is 1. The summed E-state index contributed by atoms with van der Waals surface area (Å²) < 4.78 is 13.0. The smallest absolute Gasteiger partial charge is 0.198 e. The van der Waals surface area contributed by atoms with Crippen LogP contribution >= 0.6 is 12.2 Å². The molecule has 0 bridgehead atoms. The number of aromatic nitrogens is 3. The Morgan fingerprint density at radius 3 is 2.76 bits per heavy atom. The second-order valence-electron chi connectivity index (χ2n) is 3.50. The Kier molecular flexibility index (Phi) is 2.41. The fourth-order valence-electron chi connectivity index (χ4n) is 1.62. The van der Waals surface area contributed by atoms with Crippen molar-refractivity contribution in [3.05, 3.63) is 47.3 Å². The first kappa shape index (κ1) is 10.1. The number of aromatic amines is 1. The van der Waals surface area contributed by atoms with Gasteiger partial charge in [0.2, 0.25) is 0 Å². The summed E-state index contributed by atoms with van der Waals surface area (Å²) in [5.41, 5.74) is 0. The monoisotopic (exact) mass is 247 g/mol. The summed E-state index contributed by atoms with van der Waals surface area (Å²) in [6, 6.07) is 7.38. The molecule has 0 saturated carbocycles. The molecule has 3 aromatic heterocycles. The van der Waals surface area contributed by atoms with Crippen molar-refractivity contribution in [2.45, 2.75) is 6.54 Å². The molecule has 0 spiro atoms. The van der Waals surface area contributed by atoms with Crippen molar-refractivity contribution >= 4 is 12.2 Å². The van der Waals surface area contributed by atoms with Gasteiger partial charge in [-0.15, -0.1) is 0 Å². The van der Waals surface area contributed by atoms with Crippen molar-refractivity contribution in [1.82, 2.24) is 14.8 Å². The molecule has 3 aromatic rings. The molecule has 0 aromatic carbocycles. The summed E-state index contributed by atoms with van der Waals surface area (Å²) in [5.74, 6) is 2.15. The van der Waals surface area contributed by atoms with Gasteiger partial charge in [-0.05, 0) is 36.5 Å². The van der Waals surface area contributed by atoms with Crippen LogP contribution in [0, 0.1) is 4.77 Å². The van der Waals surface area contributed by atoms with Crippen LogP contribution in [0.2, 0.25) is 0 Å².